The van der Waals surface area contributed by atoms with Gasteiger partial charge in [-0.15, -0.1) is 0 Å². The normalized spacial score (nSPS) is 10.7. The average Bonchev–Trinajstić information content (AvgIpc) is 2.82. The van der Waals surface area contributed by atoms with E-state index >= 15 is 0 Å². The standard InChI is InChI=1S/C24H21ClN6O/c1-29(22-20-12-11-17(25)13-21(20)31(15-26)24(27)28-22)18-9-6-10-19(14-18)30(2)23(32)16-7-4-3-5-8-16/h3-15,26-27H,1-2H3. The van der Waals surface area contributed by atoms with Crippen molar-refractivity contribution in [2.24, 2.45) is 0 Å². The summed E-state index contributed by atoms with van der Waals surface area (Å²) in [5.41, 5.74) is 2.67. The minimum atomic E-state index is -0.108. The van der Waals surface area contributed by atoms with Crippen molar-refractivity contribution < 1.29 is 4.79 Å². The molecule has 3 aromatic carbocycles. The summed E-state index contributed by atoms with van der Waals surface area (Å²) < 4.78 is 1.36. The smallest absolute Gasteiger partial charge is 0.258 e. The Balaban J connectivity index is 1.76. The number of benzene rings is 3. The number of carbonyl (C=O) groups is 1. The van der Waals surface area contributed by atoms with Crippen LogP contribution in [-0.4, -0.2) is 35.9 Å². The lowest BCUT2D eigenvalue weighted by atomic mass is 10.1. The van der Waals surface area contributed by atoms with Crippen molar-refractivity contribution >= 4 is 51.9 Å². The summed E-state index contributed by atoms with van der Waals surface area (Å²) in [4.78, 5) is 20.7. The molecule has 0 spiro atoms. The van der Waals surface area contributed by atoms with Gasteiger partial charge in [-0.1, -0.05) is 35.9 Å². The van der Waals surface area contributed by atoms with Crippen molar-refractivity contribution in [2.45, 2.75) is 0 Å². The molecule has 160 valence electrons. The lowest BCUT2D eigenvalue weighted by Gasteiger charge is -2.24. The van der Waals surface area contributed by atoms with E-state index in [1.807, 2.05) is 60.5 Å². The number of amides is 1. The molecular formula is C24H21ClN6O. The van der Waals surface area contributed by atoms with Gasteiger partial charge in [0, 0.05) is 41.4 Å². The van der Waals surface area contributed by atoms with E-state index in [0.717, 1.165) is 23.1 Å². The molecule has 0 bridgehead atoms. The number of halogens is 1. The second-order valence-corrected chi connectivity index (χ2v) is 7.67. The van der Waals surface area contributed by atoms with Crippen LogP contribution < -0.4 is 15.4 Å². The number of nitrogens with one attached hydrogen (secondary N) is 2. The molecule has 7 nitrogen and oxygen atoms in total. The first-order chi connectivity index (χ1) is 15.4. The summed E-state index contributed by atoms with van der Waals surface area (Å²) >= 11 is 6.16. The van der Waals surface area contributed by atoms with Gasteiger partial charge in [0.1, 0.15) is 5.82 Å². The van der Waals surface area contributed by atoms with Gasteiger partial charge in [0.2, 0.25) is 5.62 Å². The van der Waals surface area contributed by atoms with Crippen molar-refractivity contribution in [2.75, 3.05) is 23.9 Å². The summed E-state index contributed by atoms with van der Waals surface area (Å²) in [5, 5.41) is 17.2. The van der Waals surface area contributed by atoms with Gasteiger partial charge in [-0.05, 0) is 48.5 Å². The van der Waals surface area contributed by atoms with Crippen LogP contribution in [0.1, 0.15) is 10.4 Å². The number of fused-ring (bicyclic) bond motifs is 1. The Morgan fingerprint density at radius 2 is 1.72 bits per heavy atom. The highest BCUT2D eigenvalue weighted by Crippen LogP contribution is 2.31. The average molecular weight is 445 g/mol. The minimum absolute atomic E-state index is 0.0795. The van der Waals surface area contributed by atoms with Crippen LogP contribution in [0.3, 0.4) is 0 Å². The predicted octanol–water partition coefficient (Wildman–Crippen LogP) is 4.67. The number of carbonyl (C=O) groups excluding carboxylic acids is 1. The third-order valence-electron chi connectivity index (χ3n) is 5.28. The maximum Gasteiger partial charge on any atom is 0.258 e. The maximum absolute atomic E-state index is 12.9. The quantitative estimate of drug-likeness (QED) is 0.346. The number of aromatic nitrogens is 2. The maximum atomic E-state index is 12.9. The van der Waals surface area contributed by atoms with Gasteiger partial charge in [0.05, 0.1) is 11.9 Å². The number of hydrogen-bond donors (Lipinski definition) is 2. The SMILES string of the molecule is CN(C(=O)c1ccccc1)c1cccc(N(C)c2nc(=N)n(C=N)c3cc(Cl)ccc23)c1. The number of hydrogen-bond acceptors (Lipinski definition) is 5. The van der Waals surface area contributed by atoms with Crippen LogP contribution in [0.25, 0.3) is 10.9 Å². The fourth-order valence-corrected chi connectivity index (χ4v) is 3.70. The zero-order chi connectivity index (χ0) is 22.8. The summed E-state index contributed by atoms with van der Waals surface area (Å²) in [7, 11) is 3.59. The van der Waals surface area contributed by atoms with Gasteiger partial charge < -0.3 is 9.80 Å². The largest absolute Gasteiger partial charge is 0.329 e. The molecule has 8 heteroatoms. The van der Waals surface area contributed by atoms with Crippen molar-refractivity contribution in [3.05, 3.63) is 89.0 Å². The van der Waals surface area contributed by atoms with E-state index < -0.39 is 0 Å². The molecule has 0 fully saturated rings. The van der Waals surface area contributed by atoms with E-state index in [-0.39, 0.29) is 11.5 Å². The molecule has 1 amide bonds. The lowest BCUT2D eigenvalue weighted by Crippen LogP contribution is -2.27. The van der Waals surface area contributed by atoms with Gasteiger partial charge in [-0.2, -0.15) is 4.98 Å². The summed E-state index contributed by atoms with van der Waals surface area (Å²) in [5.74, 6) is 0.442. The predicted molar refractivity (Wildman–Crippen MR) is 128 cm³/mol. The highest BCUT2D eigenvalue weighted by atomic mass is 35.5. The van der Waals surface area contributed by atoms with Crippen LogP contribution in [0.4, 0.5) is 17.2 Å². The van der Waals surface area contributed by atoms with Crippen molar-refractivity contribution in [3.63, 3.8) is 0 Å². The summed E-state index contributed by atoms with van der Waals surface area (Å²) in [6.45, 7) is 0. The topological polar surface area (TPSA) is 89.1 Å². The highest BCUT2D eigenvalue weighted by Gasteiger charge is 2.17. The first kappa shape index (κ1) is 21.3. The molecule has 0 radical (unpaired) electrons. The van der Waals surface area contributed by atoms with Crippen LogP contribution in [0, 0.1) is 10.8 Å². The Morgan fingerprint density at radius 1 is 1.00 bits per heavy atom. The molecule has 0 atom stereocenters. The van der Waals surface area contributed by atoms with Crippen LogP contribution in [0.5, 0.6) is 0 Å². The van der Waals surface area contributed by atoms with Gasteiger partial charge in [0.15, 0.2) is 0 Å². The molecule has 2 N–H and O–H groups in total. The number of rotatable bonds is 5. The van der Waals surface area contributed by atoms with Crippen molar-refractivity contribution in [3.8, 4) is 0 Å². The molecule has 0 aliphatic rings. The Hall–Kier alpha value is -3.97. The van der Waals surface area contributed by atoms with E-state index in [1.165, 1.54) is 4.57 Å². The summed E-state index contributed by atoms with van der Waals surface area (Å²) in [6, 6.07) is 22.0. The third-order valence-corrected chi connectivity index (χ3v) is 5.51. The monoisotopic (exact) mass is 444 g/mol. The zero-order valence-electron chi connectivity index (χ0n) is 17.6. The van der Waals surface area contributed by atoms with Crippen LogP contribution >= 0.6 is 11.6 Å². The second kappa shape index (κ2) is 8.64. The first-order valence-corrected chi connectivity index (χ1v) is 10.2. The molecule has 0 unspecified atom stereocenters. The molecule has 1 aromatic heterocycles. The minimum Gasteiger partial charge on any atom is -0.329 e. The molecule has 1 heterocycles. The summed E-state index contributed by atoms with van der Waals surface area (Å²) in [6.07, 6.45) is 1.04. The van der Waals surface area contributed by atoms with E-state index in [0.29, 0.717) is 21.9 Å². The van der Waals surface area contributed by atoms with Gasteiger partial charge in [-0.25, -0.2) is 0 Å². The molecule has 0 saturated heterocycles. The van der Waals surface area contributed by atoms with Gasteiger partial charge >= 0.3 is 0 Å². The second-order valence-electron chi connectivity index (χ2n) is 7.23. The van der Waals surface area contributed by atoms with Crippen molar-refractivity contribution in [1.29, 1.82) is 10.8 Å². The fourth-order valence-electron chi connectivity index (χ4n) is 3.53. The lowest BCUT2D eigenvalue weighted by molar-refractivity contribution is 0.0993. The number of nitrogens with zero attached hydrogens (tertiary/aromatic N) is 4. The molecule has 32 heavy (non-hydrogen) atoms. The Morgan fingerprint density at radius 3 is 2.44 bits per heavy atom. The molecule has 0 aliphatic carbocycles. The molecule has 0 aliphatic heterocycles. The van der Waals surface area contributed by atoms with E-state index in [2.05, 4.69) is 4.98 Å². The van der Waals surface area contributed by atoms with Crippen molar-refractivity contribution in [1.82, 2.24) is 9.55 Å². The van der Waals surface area contributed by atoms with E-state index in [4.69, 9.17) is 22.4 Å². The first-order valence-electron chi connectivity index (χ1n) is 9.84. The van der Waals surface area contributed by atoms with Crippen LogP contribution in [0.2, 0.25) is 5.02 Å². The molecular weight excluding hydrogens is 424 g/mol. The number of anilines is 3. The Kier molecular flexibility index (Phi) is 5.75. The van der Waals surface area contributed by atoms with Crippen LogP contribution in [-0.2, 0) is 0 Å². The van der Waals surface area contributed by atoms with E-state index in [9.17, 15) is 4.79 Å². The zero-order valence-corrected chi connectivity index (χ0v) is 18.3. The molecule has 4 aromatic rings. The molecule has 0 saturated carbocycles. The highest BCUT2D eigenvalue weighted by molar-refractivity contribution is 6.31. The Bertz CT molecular complexity index is 1380. The Labute approximate surface area is 190 Å². The van der Waals surface area contributed by atoms with Gasteiger partial charge in [0.25, 0.3) is 5.91 Å². The van der Waals surface area contributed by atoms with Gasteiger partial charge in [-0.3, -0.25) is 20.2 Å². The fraction of sp³-hybridized carbons (Fsp3) is 0.0833. The molecule has 4 rings (SSSR count). The third kappa shape index (κ3) is 3.86. The van der Waals surface area contributed by atoms with E-state index in [1.54, 1.807) is 36.2 Å². The van der Waals surface area contributed by atoms with Crippen LogP contribution in [0.15, 0.2) is 72.8 Å².